The van der Waals surface area contributed by atoms with Gasteiger partial charge in [0, 0.05) is 13.1 Å². The molecule has 4 heteroatoms. The largest absolute Gasteiger partial charge is 0.354 e. The number of amides is 2. The maximum absolute atomic E-state index is 13.3. The summed E-state index contributed by atoms with van der Waals surface area (Å²) in [7, 11) is 0. The van der Waals surface area contributed by atoms with Crippen molar-refractivity contribution in [3.8, 4) is 0 Å². The van der Waals surface area contributed by atoms with Gasteiger partial charge in [0.15, 0.2) is 0 Å². The maximum Gasteiger partial charge on any atom is 0.242 e. The molecule has 0 radical (unpaired) electrons. The Kier molecular flexibility index (Phi) is 8.44. The number of carbonyl (C=O) groups is 2. The van der Waals surface area contributed by atoms with Gasteiger partial charge in [-0.15, -0.1) is 0 Å². The lowest BCUT2D eigenvalue weighted by atomic mass is 10.0. The molecule has 0 aliphatic carbocycles. The van der Waals surface area contributed by atoms with Crippen LogP contribution in [0.1, 0.15) is 54.5 Å². The number of nitrogens with zero attached hydrogens (tertiary/aromatic N) is 1. The van der Waals surface area contributed by atoms with E-state index in [0.29, 0.717) is 19.5 Å². The van der Waals surface area contributed by atoms with Crippen molar-refractivity contribution in [2.75, 3.05) is 6.54 Å². The zero-order valence-corrected chi connectivity index (χ0v) is 18.4. The van der Waals surface area contributed by atoms with E-state index >= 15 is 0 Å². The van der Waals surface area contributed by atoms with Crippen LogP contribution in [0.5, 0.6) is 0 Å². The van der Waals surface area contributed by atoms with Crippen molar-refractivity contribution >= 4 is 11.8 Å². The quantitative estimate of drug-likeness (QED) is 0.637. The first-order valence-electron chi connectivity index (χ1n) is 10.5. The summed E-state index contributed by atoms with van der Waals surface area (Å²) in [4.78, 5) is 27.6. The molecule has 0 aliphatic heterocycles. The maximum atomic E-state index is 13.3. The van der Waals surface area contributed by atoms with Crippen molar-refractivity contribution in [2.24, 2.45) is 0 Å². The van der Waals surface area contributed by atoms with Gasteiger partial charge < -0.3 is 10.2 Å². The molecule has 29 heavy (non-hydrogen) atoms. The Labute approximate surface area is 175 Å². The molecule has 0 heterocycles. The van der Waals surface area contributed by atoms with E-state index in [0.717, 1.165) is 35.1 Å². The van der Waals surface area contributed by atoms with Gasteiger partial charge in [0.25, 0.3) is 0 Å². The van der Waals surface area contributed by atoms with Gasteiger partial charge in [0.2, 0.25) is 11.8 Å². The molecule has 1 unspecified atom stereocenters. The lowest BCUT2D eigenvalue weighted by Crippen LogP contribution is -2.48. The number of unbranched alkanes of at least 4 members (excludes halogenated alkanes) is 1. The summed E-state index contributed by atoms with van der Waals surface area (Å²) in [6.07, 6.45) is 2.26. The van der Waals surface area contributed by atoms with E-state index in [1.807, 2.05) is 58.0 Å². The fourth-order valence-electron chi connectivity index (χ4n) is 3.26. The highest BCUT2D eigenvalue weighted by Gasteiger charge is 2.26. The molecular formula is C25H34N2O2. The number of nitrogens with one attached hydrogen (secondary N) is 1. The third-order valence-electron chi connectivity index (χ3n) is 5.32. The molecule has 0 saturated carbocycles. The van der Waals surface area contributed by atoms with Crippen LogP contribution in [0.2, 0.25) is 0 Å². The van der Waals surface area contributed by atoms with Crippen LogP contribution in [0.15, 0.2) is 42.5 Å². The topological polar surface area (TPSA) is 49.4 Å². The minimum atomic E-state index is -0.522. The minimum Gasteiger partial charge on any atom is -0.354 e. The first kappa shape index (κ1) is 22.7. The third-order valence-corrected chi connectivity index (χ3v) is 5.32. The third kappa shape index (κ3) is 6.74. The number of rotatable bonds is 9. The molecule has 156 valence electrons. The van der Waals surface area contributed by atoms with Crippen molar-refractivity contribution < 1.29 is 9.59 Å². The summed E-state index contributed by atoms with van der Waals surface area (Å²) in [5.41, 5.74) is 5.45. The zero-order chi connectivity index (χ0) is 21.4. The normalized spacial score (nSPS) is 11.8. The van der Waals surface area contributed by atoms with Gasteiger partial charge in [-0.3, -0.25) is 9.59 Å². The van der Waals surface area contributed by atoms with Crippen LogP contribution < -0.4 is 5.32 Å². The van der Waals surface area contributed by atoms with Crippen LogP contribution in [-0.4, -0.2) is 29.3 Å². The summed E-state index contributed by atoms with van der Waals surface area (Å²) in [6, 6.07) is 13.8. The molecule has 4 nitrogen and oxygen atoms in total. The van der Waals surface area contributed by atoms with Gasteiger partial charge >= 0.3 is 0 Å². The highest BCUT2D eigenvalue weighted by molar-refractivity contribution is 5.88. The molecule has 0 aromatic heterocycles. The Balaban J connectivity index is 2.22. The second kappa shape index (κ2) is 10.8. The standard InChI is InChI=1S/C25H34N2O2/c1-6-7-14-26-25(29)21(5)27(17-22-12-9-18(2)10-13-22)24(28)16-23-15-19(3)8-11-20(23)4/h8-13,15,21H,6-7,14,16-17H2,1-5H3,(H,26,29). The van der Waals surface area contributed by atoms with Gasteiger partial charge in [0.1, 0.15) is 6.04 Å². The summed E-state index contributed by atoms with van der Waals surface area (Å²) in [6.45, 7) is 11.1. The second-order valence-electron chi connectivity index (χ2n) is 7.93. The summed E-state index contributed by atoms with van der Waals surface area (Å²) in [5, 5.41) is 2.97. The van der Waals surface area contributed by atoms with Gasteiger partial charge in [-0.1, -0.05) is 66.9 Å². The monoisotopic (exact) mass is 394 g/mol. The molecule has 2 aromatic rings. The average molecular weight is 395 g/mol. The van der Waals surface area contributed by atoms with Crippen molar-refractivity contribution in [1.29, 1.82) is 0 Å². The molecular weight excluding hydrogens is 360 g/mol. The predicted molar refractivity (Wildman–Crippen MR) is 119 cm³/mol. The highest BCUT2D eigenvalue weighted by atomic mass is 16.2. The van der Waals surface area contributed by atoms with Crippen LogP contribution in [-0.2, 0) is 22.6 Å². The van der Waals surface area contributed by atoms with E-state index in [-0.39, 0.29) is 11.8 Å². The van der Waals surface area contributed by atoms with Gasteiger partial charge in [-0.05, 0) is 50.8 Å². The molecule has 0 saturated heterocycles. The zero-order valence-electron chi connectivity index (χ0n) is 18.4. The SMILES string of the molecule is CCCCNC(=O)C(C)N(Cc1ccc(C)cc1)C(=O)Cc1cc(C)ccc1C. The molecule has 1 N–H and O–H groups in total. The summed E-state index contributed by atoms with van der Waals surface area (Å²) in [5.74, 6) is -0.128. The Hall–Kier alpha value is -2.62. The number of benzene rings is 2. The van der Waals surface area contributed by atoms with Crippen molar-refractivity contribution in [1.82, 2.24) is 10.2 Å². The molecule has 2 amide bonds. The van der Waals surface area contributed by atoms with E-state index in [9.17, 15) is 9.59 Å². The molecule has 0 bridgehead atoms. The van der Waals surface area contributed by atoms with Crippen molar-refractivity contribution in [2.45, 2.75) is 66.5 Å². The smallest absolute Gasteiger partial charge is 0.242 e. The highest BCUT2D eigenvalue weighted by Crippen LogP contribution is 2.16. The van der Waals surface area contributed by atoms with Crippen LogP contribution in [0.25, 0.3) is 0 Å². The molecule has 0 spiro atoms. The molecule has 1 atom stereocenters. The fraction of sp³-hybridized carbons (Fsp3) is 0.440. The lowest BCUT2D eigenvalue weighted by molar-refractivity contribution is -0.140. The summed E-state index contributed by atoms with van der Waals surface area (Å²) >= 11 is 0. The van der Waals surface area contributed by atoms with E-state index in [1.165, 1.54) is 5.56 Å². The lowest BCUT2D eigenvalue weighted by Gasteiger charge is -2.29. The minimum absolute atomic E-state index is 0.0302. The van der Waals surface area contributed by atoms with Crippen LogP contribution in [0, 0.1) is 20.8 Å². The Morgan fingerprint density at radius 2 is 1.66 bits per heavy atom. The second-order valence-corrected chi connectivity index (χ2v) is 7.93. The first-order valence-corrected chi connectivity index (χ1v) is 10.5. The van der Waals surface area contributed by atoms with Crippen molar-refractivity contribution in [3.05, 3.63) is 70.3 Å². The van der Waals surface area contributed by atoms with Crippen LogP contribution in [0.3, 0.4) is 0 Å². The molecule has 2 rings (SSSR count). The van der Waals surface area contributed by atoms with Crippen LogP contribution in [0.4, 0.5) is 0 Å². The van der Waals surface area contributed by atoms with E-state index < -0.39 is 6.04 Å². The van der Waals surface area contributed by atoms with Gasteiger partial charge in [0.05, 0.1) is 6.42 Å². The van der Waals surface area contributed by atoms with Crippen molar-refractivity contribution in [3.63, 3.8) is 0 Å². The van der Waals surface area contributed by atoms with E-state index in [1.54, 1.807) is 4.90 Å². The number of aryl methyl sites for hydroxylation is 3. The Bertz CT molecular complexity index is 827. The molecule has 0 fully saturated rings. The molecule has 2 aromatic carbocycles. The average Bonchev–Trinajstić information content (AvgIpc) is 2.69. The van der Waals surface area contributed by atoms with Gasteiger partial charge in [-0.25, -0.2) is 0 Å². The Morgan fingerprint density at radius 3 is 2.31 bits per heavy atom. The van der Waals surface area contributed by atoms with Gasteiger partial charge in [-0.2, -0.15) is 0 Å². The number of carbonyl (C=O) groups excluding carboxylic acids is 2. The fourth-order valence-corrected chi connectivity index (χ4v) is 3.26. The molecule has 0 aliphatic rings. The predicted octanol–water partition coefficient (Wildman–Crippen LogP) is 4.49. The van der Waals surface area contributed by atoms with E-state index in [2.05, 4.69) is 24.4 Å². The van der Waals surface area contributed by atoms with Crippen LogP contribution >= 0.6 is 0 Å². The number of hydrogen-bond acceptors (Lipinski definition) is 2. The summed E-state index contributed by atoms with van der Waals surface area (Å²) < 4.78 is 0. The Morgan fingerprint density at radius 1 is 1.00 bits per heavy atom. The first-order chi connectivity index (χ1) is 13.8. The number of hydrogen-bond donors (Lipinski definition) is 1. The van der Waals surface area contributed by atoms with E-state index in [4.69, 9.17) is 0 Å².